The zero-order valence-corrected chi connectivity index (χ0v) is 14.0. The number of amides is 1. The molecule has 128 valence electrons. The van der Waals surface area contributed by atoms with Gasteiger partial charge in [-0.15, -0.1) is 0 Å². The quantitative estimate of drug-likeness (QED) is 0.919. The average Bonchev–Trinajstić information content (AvgIpc) is 2.63. The van der Waals surface area contributed by atoms with Gasteiger partial charge in [0.1, 0.15) is 0 Å². The Morgan fingerprint density at radius 3 is 2.71 bits per heavy atom. The van der Waals surface area contributed by atoms with E-state index in [1.54, 1.807) is 0 Å². The molecule has 0 radical (unpaired) electrons. The number of nitrogens with one attached hydrogen (secondary N) is 1. The molecule has 1 atom stereocenters. The molecule has 1 N–H and O–H groups in total. The van der Waals surface area contributed by atoms with Crippen LogP contribution in [0.3, 0.4) is 0 Å². The first-order chi connectivity index (χ1) is 11.7. The van der Waals surface area contributed by atoms with Gasteiger partial charge in [0.05, 0.1) is 17.6 Å². The Morgan fingerprint density at radius 2 is 2.00 bits per heavy atom. The normalized spacial score (nSPS) is 22.7. The van der Waals surface area contributed by atoms with E-state index in [1.165, 1.54) is 5.56 Å². The minimum atomic E-state index is 0.0833. The highest BCUT2D eigenvalue weighted by molar-refractivity contribution is 5.79. The summed E-state index contributed by atoms with van der Waals surface area (Å²) in [7, 11) is 0. The highest BCUT2D eigenvalue weighted by atomic mass is 16.5. The monoisotopic (exact) mass is 327 g/mol. The fourth-order valence-electron chi connectivity index (χ4n) is 3.52. The molecule has 2 saturated heterocycles. The lowest BCUT2D eigenvalue weighted by Gasteiger charge is -2.33. The minimum Gasteiger partial charge on any atom is -0.381 e. The van der Waals surface area contributed by atoms with Crippen LogP contribution in [0.2, 0.25) is 0 Å². The second-order valence-electron chi connectivity index (χ2n) is 6.78. The summed E-state index contributed by atoms with van der Waals surface area (Å²) < 4.78 is 5.35. The number of benzene rings is 1. The summed E-state index contributed by atoms with van der Waals surface area (Å²) in [6.45, 7) is 4.18. The minimum absolute atomic E-state index is 0.0833. The van der Waals surface area contributed by atoms with E-state index in [-0.39, 0.29) is 17.9 Å². The van der Waals surface area contributed by atoms with Crippen molar-refractivity contribution in [3.8, 4) is 6.07 Å². The summed E-state index contributed by atoms with van der Waals surface area (Å²) >= 11 is 0. The number of carbonyl (C=O) groups excluding carboxylic acids is 1. The largest absolute Gasteiger partial charge is 0.381 e. The van der Waals surface area contributed by atoms with Crippen LogP contribution < -0.4 is 5.32 Å². The SMILES string of the molecule is N#Cc1ccc(CN2CCCC(C(=O)NC3CCOCC3)C2)cc1. The molecule has 5 heteroatoms. The molecule has 5 nitrogen and oxygen atoms in total. The standard InChI is InChI=1S/C19H25N3O2/c20-12-15-3-5-16(6-4-15)13-22-9-1-2-17(14-22)19(23)21-18-7-10-24-11-8-18/h3-6,17-18H,1-2,7-11,13-14H2,(H,21,23). The van der Waals surface area contributed by atoms with Crippen molar-refractivity contribution in [3.63, 3.8) is 0 Å². The van der Waals surface area contributed by atoms with Crippen LogP contribution in [0.15, 0.2) is 24.3 Å². The third-order valence-electron chi connectivity index (χ3n) is 4.93. The summed E-state index contributed by atoms with van der Waals surface area (Å²) in [6, 6.07) is 10.1. The van der Waals surface area contributed by atoms with Gasteiger partial charge in [-0.3, -0.25) is 9.69 Å². The van der Waals surface area contributed by atoms with Crippen LogP contribution >= 0.6 is 0 Å². The van der Waals surface area contributed by atoms with Gasteiger partial charge >= 0.3 is 0 Å². The number of ether oxygens (including phenoxy) is 1. The van der Waals surface area contributed by atoms with Gasteiger partial charge in [-0.25, -0.2) is 0 Å². The molecule has 1 aromatic rings. The molecule has 0 spiro atoms. The van der Waals surface area contributed by atoms with Crippen LogP contribution in [0.5, 0.6) is 0 Å². The van der Waals surface area contributed by atoms with Crippen molar-refractivity contribution >= 4 is 5.91 Å². The van der Waals surface area contributed by atoms with Crippen molar-refractivity contribution in [2.45, 2.75) is 38.3 Å². The molecule has 2 aliphatic heterocycles. The van der Waals surface area contributed by atoms with Crippen molar-refractivity contribution in [2.75, 3.05) is 26.3 Å². The molecule has 0 bridgehead atoms. The van der Waals surface area contributed by atoms with Crippen molar-refractivity contribution in [1.82, 2.24) is 10.2 Å². The number of likely N-dealkylation sites (tertiary alicyclic amines) is 1. The zero-order chi connectivity index (χ0) is 16.8. The Morgan fingerprint density at radius 1 is 1.25 bits per heavy atom. The molecular weight excluding hydrogens is 302 g/mol. The van der Waals surface area contributed by atoms with Gasteiger partial charge in [0.25, 0.3) is 0 Å². The van der Waals surface area contributed by atoms with E-state index in [0.29, 0.717) is 5.56 Å². The predicted molar refractivity (Wildman–Crippen MR) is 91.1 cm³/mol. The lowest BCUT2D eigenvalue weighted by Crippen LogP contribution is -2.47. The van der Waals surface area contributed by atoms with E-state index in [1.807, 2.05) is 24.3 Å². The molecule has 3 rings (SSSR count). The van der Waals surface area contributed by atoms with Gasteiger partial charge in [0.15, 0.2) is 0 Å². The first kappa shape index (κ1) is 16.9. The highest BCUT2D eigenvalue weighted by Crippen LogP contribution is 2.20. The van der Waals surface area contributed by atoms with Gasteiger partial charge in [-0.1, -0.05) is 12.1 Å². The number of nitriles is 1. The topological polar surface area (TPSA) is 65.4 Å². The van der Waals surface area contributed by atoms with Crippen LogP contribution in [0.1, 0.15) is 36.8 Å². The van der Waals surface area contributed by atoms with Crippen molar-refractivity contribution in [2.24, 2.45) is 5.92 Å². The summed E-state index contributed by atoms with van der Waals surface area (Å²) in [4.78, 5) is 14.9. The van der Waals surface area contributed by atoms with Crippen LogP contribution in [0.25, 0.3) is 0 Å². The second kappa shape index (κ2) is 8.27. The first-order valence-corrected chi connectivity index (χ1v) is 8.84. The molecule has 1 amide bonds. The fraction of sp³-hybridized carbons (Fsp3) is 0.579. The Labute approximate surface area is 143 Å². The van der Waals surface area contributed by atoms with Crippen LogP contribution in [-0.4, -0.2) is 43.2 Å². The molecule has 2 heterocycles. The van der Waals surface area contributed by atoms with Gasteiger partial charge in [-0.05, 0) is 49.9 Å². The molecule has 0 aliphatic carbocycles. The third-order valence-corrected chi connectivity index (χ3v) is 4.93. The van der Waals surface area contributed by atoms with E-state index in [0.717, 1.165) is 58.5 Å². The van der Waals surface area contributed by atoms with Crippen LogP contribution in [-0.2, 0) is 16.1 Å². The van der Waals surface area contributed by atoms with Gasteiger partial charge in [0.2, 0.25) is 5.91 Å². The third kappa shape index (κ3) is 4.56. The molecule has 0 aromatic heterocycles. The Kier molecular flexibility index (Phi) is 5.84. The maximum atomic E-state index is 12.5. The molecule has 1 unspecified atom stereocenters. The maximum Gasteiger partial charge on any atom is 0.224 e. The second-order valence-corrected chi connectivity index (χ2v) is 6.78. The maximum absolute atomic E-state index is 12.5. The van der Waals surface area contributed by atoms with Crippen molar-refractivity contribution in [1.29, 1.82) is 5.26 Å². The number of nitrogens with zero attached hydrogens (tertiary/aromatic N) is 2. The van der Waals surface area contributed by atoms with E-state index in [4.69, 9.17) is 10.00 Å². The lowest BCUT2D eigenvalue weighted by atomic mass is 9.95. The molecule has 2 aliphatic rings. The van der Waals surface area contributed by atoms with Crippen molar-refractivity contribution < 1.29 is 9.53 Å². The Hall–Kier alpha value is -1.90. The van der Waals surface area contributed by atoms with Crippen LogP contribution in [0.4, 0.5) is 0 Å². The Balaban J connectivity index is 1.51. The van der Waals surface area contributed by atoms with Gasteiger partial charge in [0, 0.05) is 32.3 Å². The van der Waals surface area contributed by atoms with Gasteiger partial charge < -0.3 is 10.1 Å². The number of piperidine rings is 1. The molecule has 1 aromatic carbocycles. The molecular formula is C19H25N3O2. The molecule has 24 heavy (non-hydrogen) atoms. The number of hydrogen-bond donors (Lipinski definition) is 1. The summed E-state index contributed by atoms with van der Waals surface area (Å²) in [6.07, 6.45) is 3.88. The Bertz CT molecular complexity index is 588. The summed E-state index contributed by atoms with van der Waals surface area (Å²) in [5, 5.41) is 12.1. The van der Waals surface area contributed by atoms with E-state index in [2.05, 4.69) is 16.3 Å². The number of carbonyl (C=O) groups is 1. The first-order valence-electron chi connectivity index (χ1n) is 8.84. The summed E-state index contributed by atoms with van der Waals surface area (Å²) in [5.74, 6) is 0.284. The lowest BCUT2D eigenvalue weighted by molar-refractivity contribution is -0.128. The summed E-state index contributed by atoms with van der Waals surface area (Å²) in [5.41, 5.74) is 1.88. The smallest absolute Gasteiger partial charge is 0.224 e. The highest BCUT2D eigenvalue weighted by Gasteiger charge is 2.27. The van der Waals surface area contributed by atoms with E-state index >= 15 is 0 Å². The van der Waals surface area contributed by atoms with E-state index in [9.17, 15) is 4.79 Å². The van der Waals surface area contributed by atoms with Gasteiger partial charge in [-0.2, -0.15) is 5.26 Å². The number of rotatable bonds is 4. The average molecular weight is 327 g/mol. The number of hydrogen-bond acceptors (Lipinski definition) is 4. The van der Waals surface area contributed by atoms with Crippen LogP contribution in [0, 0.1) is 17.2 Å². The van der Waals surface area contributed by atoms with E-state index < -0.39 is 0 Å². The molecule has 2 fully saturated rings. The molecule has 0 saturated carbocycles. The fourth-order valence-corrected chi connectivity index (χ4v) is 3.52. The van der Waals surface area contributed by atoms with Crippen molar-refractivity contribution in [3.05, 3.63) is 35.4 Å². The zero-order valence-electron chi connectivity index (χ0n) is 14.0. The predicted octanol–water partition coefficient (Wildman–Crippen LogP) is 2.07.